The van der Waals surface area contributed by atoms with Crippen LogP contribution in [0.4, 0.5) is 17.1 Å². The minimum atomic E-state index is -0.746. The minimum absolute atomic E-state index is 0.0994. The number of rotatable bonds is 4. The van der Waals surface area contributed by atoms with Crippen molar-refractivity contribution < 1.29 is 9.59 Å². The minimum Gasteiger partial charge on any atom is -0.326 e. The molecule has 1 N–H and O–H groups in total. The molecule has 1 amide bonds. The van der Waals surface area contributed by atoms with Gasteiger partial charge in [-0.25, -0.2) is 0 Å². The van der Waals surface area contributed by atoms with Crippen molar-refractivity contribution in [3.8, 4) is 0 Å². The molecule has 0 aliphatic heterocycles. The summed E-state index contributed by atoms with van der Waals surface area (Å²) in [6.45, 7) is 6.09. The van der Waals surface area contributed by atoms with Crippen molar-refractivity contribution >= 4 is 44.7 Å². The van der Waals surface area contributed by atoms with Crippen LogP contribution in [0.2, 0.25) is 0 Å². The van der Waals surface area contributed by atoms with Gasteiger partial charge in [-0.2, -0.15) is 10.2 Å². The van der Waals surface area contributed by atoms with E-state index in [1.807, 2.05) is 75.4 Å². The van der Waals surface area contributed by atoms with E-state index in [0.29, 0.717) is 17.8 Å². The fourth-order valence-corrected chi connectivity index (χ4v) is 6.43. The van der Waals surface area contributed by atoms with Crippen LogP contribution in [0.25, 0.3) is 0 Å². The summed E-state index contributed by atoms with van der Waals surface area (Å²) in [7, 11) is 0. The molecule has 29 heavy (non-hydrogen) atoms. The molecule has 0 spiro atoms. The largest absolute Gasteiger partial charge is 0.326 e. The highest BCUT2D eigenvalue weighted by molar-refractivity contribution is 9.10. The zero-order valence-electron chi connectivity index (χ0n) is 16.8. The number of carbonyl (C=O) groups is 2. The van der Waals surface area contributed by atoms with Gasteiger partial charge in [0.05, 0.1) is 21.6 Å². The van der Waals surface area contributed by atoms with Crippen LogP contribution in [0, 0.1) is 16.2 Å². The second-order valence-electron chi connectivity index (χ2n) is 8.69. The van der Waals surface area contributed by atoms with Crippen molar-refractivity contribution in [3.63, 3.8) is 0 Å². The quantitative estimate of drug-likeness (QED) is 0.442. The Morgan fingerprint density at radius 2 is 1.55 bits per heavy atom. The van der Waals surface area contributed by atoms with Crippen molar-refractivity contribution in [2.75, 3.05) is 5.32 Å². The number of hydrogen-bond donors (Lipinski definition) is 1. The van der Waals surface area contributed by atoms with Gasteiger partial charge in [-0.3, -0.25) is 9.59 Å². The summed E-state index contributed by atoms with van der Waals surface area (Å²) in [5.74, 6) is 0.0400. The molecule has 2 fully saturated rings. The van der Waals surface area contributed by atoms with Crippen LogP contribution >= 0.6 is 15.9 Å². The van der Waals surface area contributed by atoms with Crippen LogP contribution in [0.15, 0.2) is 64.8 Å². The summed E-state index contributed by atoms with van der Waals surface area (Å²) in [6, 6.07) is 16.8. The molecule has 0 saturated heterocycles. The maximum atomic E-state index is 13.4. The fourth-order valence-electron chi connectivity index (χ4n) is 4.92. The molecule has 0 heterocycles. The van der Waals surface area contributed by atoms with Crippen molar-refractivity contribution in [1.82, 2.24) is 0 Å². The van der Waals surface area contributed by atoms with Gasteiger partial charge in [0.1, 0.15) is 0 Å². The molecular formula is C23H24BrN3O2. The zero-order chi connectivity index (χ0) is 20.9. The molecule has 0 aromatic heterocycles. The fraction of sp³-hybridized carbons (Fsp3) is 0.391. The number of Topliss-reactive ketones (excluding diaryl/α,β-unsaturated/α-hetero) is 1. The smallest absolute Gasteiger partial charge is 0.232 e. The van der Waals surface area contributed by atoms with Crippen LogP contribution < -0.4 is 5.32 Å². The summed E-state index contributed by atoms with van der Waals surface area (Å²) in [6.07, 6.45) is 1.44. The van der Waals surface area contributed by atoms with Gasteiger partial charge in [-0.15, -0.1) is 0 Å². The van der Waals surface area contributed by atoms with Crippen molar-refractivity contribution in [3.05, 3.63) is 54.6 Å². The first-order valence-electron chi connectivity index (χ1n) is 9.79. The first-order chi connectivity index (χ1) is 13.7. The Bertz CT molecular complexity index is 987. The van der Waals surface area contributed by atoms with Crippen LogP contribution in [-0.2, 0) is 9.59 Å². The van der Waals surface area contributed by atoms with Gasteiger partial charge in [-0.1, -0.05) is 54.9 Å². The Morgan fingerprint density at radius 1 is 0.966 bits per heavy atom. The SMILES string of the molecule is CC1(C)[C@]2(C)CC[C@@]1(C(=O)Nc1ccc(N=Nc3ccccc3)cc1)[C@H](Br)C2=O. The molecule has 2 bridgehead atoms. The van der Waals surface area contributed by atoms with Crippen LogP contribution in [0.3, 0.4) is 0 Å². The number of hydrogen-bond acceptors (Lipinski definition) is 4. The Balaban J connectivity index is 1.52. The monoisotopic (exact) mass is 453 g/mol. The van der Waals surface area contributed by atoms with Crippen LogP contribution in [-0.4, -0.2) is 16.5 Å². The number of ketones is 1. The Hall–Kier alpha value is -2.34. The molecule has 2 aliphatic carbocycles. The first kappa shape index (κ1) is 20.0. The number of anilines is 1. The third kappa shape index (κ3) is 2.80. The summed E-state index contributed by atoms with van der Waals surface area (Å²) < 4.78 is 0. The van der Waals surface area contributed by atoms with Gasteiger partial charge < -0.3 is 5.32 Å². The number of amides is 1. The Kier molecular flexibility index (Phi) is 4.73. The maximum Gasteiger partial charge on any atom is 0.232 e. The first-order valence-corrected chi connectivity index (χ1v) is 10.7. The van der Waals surface area contributed by atoms with E-state index in [2.05, 4.69) is 31.5 Å². The Labute approximate surface area is 179 Å². The van der Waals surface area contributed by atoms with Gasteiger partial charge in [-0.05, 0) is 54.7 Å². The number of nitrogens with zero attached hydrogens (tertiary/aromatic N) is 2. The predicted molar refractivity (Wildman–Crippen MR) is 117 cm³/mol. The lowest BCUT2D eigenvalue weighted by Gasteiger charge is -2.39. The van der Waals surface area contributed by atoms with Gasteiger partial charge >= 0.3 is 0 Å². The van der Waals surface area contributed by atoms with Crippen LogP contribution in [0.5, 0.6) is 0 Å². The molecule has 6 heteroatoms. The van der Waals surface area contributed by atoms with E-state index in [9.17, 15) is 9.59 Å². The highest BCUT2D eigenvalue weighted by atomic mass is 79.9. The summed E-state index contributed by atoms with van der Waals surface area (Å²) in [5, 5.41) is 11.5. The second-order valence-corrected chi connectivity index (χ2v) is 9.61. The lowest BCUT2D eigenvalue weighted by Crippen LogP contribution is -2.47. The normalized spacial score (nSPS) is 30.1. The number of halogens is 1. The molecule has 3 atom stereocenters. The molecule has 0 radical (unpaired) electrons. The molecule has 150 valence electrons. The molecule has 0 unspecified atom stereocenters. The molecular weight excluding hydrogens is 430 g/mol. The topological polar surface area (TPSA) is 70.9 Å². The van der Waals surface area contributed by atoms with E-state index in [4.69, 9.17) is 0 Å². The lowest BCUT2D eigenvalue weighted by molar-refractivity contribution is -0.130. The molecule has 5 nitrogen and oxygen atoms in total. The standard InChI is InChI=1S/C23H24BrN3O2/c1-21(2)22(3)13-14-23(21,18(24)19(22)28)20(29)25-15-9-11-17(12-10-15)27-26-16-7-5-4-6-8-16/h4-12,18H,13-14H2,1-3H3,(H,25,29)/t18-,22-,23+/m1/s1. The van der Waals surface area contributed by atoms with E-state index >= 15 is 0 Å². The average molecular weight is 454 g/mol. The predicted octanol–water partition coefficient (Wildman–Crippen LogP) is 6.20. The maximum absolute atomic E-state index is 13.4. The van der Waals surface area contributed by atoms with E-state index in [1.54, 1.807) is 0 Å². The lowest BCUT2D eigenvalue weighted by atomic mass is 9.64. The van der Waals surface area contributed by atoms with Gasteiger partial charge in [0.15, 0.2) is 5.78 Å². The van der Waals surface area contributed by atoms with Gasteiger partial charge in [0.25, 0.3) is 0 Å². The van der Waals surface area contributed by atoms with Crippen molar-refractivity contribution in [2.45, 2.75) is 38.4 Å². The summed E-state index contributed by atoms with van der Waals surface area (Å²) in [5.41, 5.74) is 0.536. The third-order valence-electron chi connectivity index (χ3n) is 7.29. The number of fused-ring (bicyclic) bond motifs is 2. The Morgan fingerprint density at radius 3 is 2.10 bits per heavy atom. The van der Waals surface area contributed by atoms with E-state index in [0.717, 1.165) is 12.1 Å². The average Bonchev–Trinajstić information content (AvgIpc) is 2.99. The number of azo groups is 1. The second kappa shape index (κ2) is 6.87. The van der Waals surface area contributed by atoms with E-state index < -0.39 is 21.1 Å². The molecule has 2 saturated carbocycles. The summed E-state index contributed by atoms with van der Waals surface area (Å²) >= 11 is 3.56. The molecule has 2 aliphatic rings. The highest BCUT2D eigenvalue weighted by Gasteiger charge is 2.76. The third-order valence-corrected chi connectivity index (χ3v) is 8.49. The molecule has 4 rings (SSSR count). The summed E-state index contributed by atoms with van der Waals surface area (Å²) in [4.78, 5) is 25.8. The van der Waals surface area contributed by atoms with Crippen molar-refractivity contribution in [2.24, 2.45) is 26.5 Å². The van der Waals surface area contributed by atoms with Gasteiger partial charge in [0, 0.05) is 11.1 Å². The number of carbonyl (C=O) groups excluding carboxylic acids is 2. The highest BCUT2D eigenvalue weighted by Crippen LogP contribution is 2.72. The molecule has 2 aromatic rings. The zero-order valence-corrected chi connectivity index (χ0v) is 18.4. The number of alkyl halides is 1. The molecule has 2 aromatic carbocycles. The number of benzene rings is 2. The van der Waals surface area contributed by atoms with E-state index in [-0.39, 0.29) is 11.7 Å². The number of nitrogens with one attached hydrogen (secondary N) is 1. The van der Waals surface area contributed by atoms with Gasteiger partial charge in [0.2, 0.25) is 5.91 Å². The van der Waals surface area contributed by atoms with E-state index in [1.165, 1.54) is 0 Å². The van der Waals surface area contributed by atoms with Crippen LogP contribution in [0.1, 0.15) is 33.6 Å². The van der Waals surface area contributed by atoms with Crippen molar-refractivity contribution in [1.29, 1.82) is 0 Å².